The van der Waals surface area contributed by atoms with Crippen molar-refractivity contribution >= 4 is 28.6 Å². The summed E-state index contributed by atoms with van der Waals surface area (Å²) in [6.45, 7) is 1.96. The number of rotatable bonds is 4. The van der Waals surface area contributed by atoms with Crippen LogP contribution in [0.3, 0.4) is 0 Å². The first-order valence-electron chi connectivity index (χ1n) is 5.36. The molecule has 0 fully saturated rings. The van der Waals surface area contributed by atoms with E-state index in [-0.39, 0.29) is 19.4 Å². The Bertz CT molecular complexity index is 430. The molecule has 18 heavy (non-hydrogen) atoms. The Morgan fingerprint density at radius 1 is 1.39 bits per heavy atom. The number of carbonyl (C=O) groups excluding carboxylic acids is 1. The zero-order chi connectivity index (χ0) is 13.8. The smallest absolute Gasteiger partial charge is 0.416 e. The summed E-state index contributed by atoms with van der Waals surface area (Å²) in [5.41, 5.74) is -0.180. The van der Waals surface area contributed by atoms with Gasteiger partial charge in [-0.1, -0.05) is 0 Å². The highest BCUT2D eigenvalue weighted by atomic mass is 127. The molecule has 0 aliphatic rings. The van der Waals surface area contributed by atoms with E-state index in [2.05, 4.69) is 0 Å². The van der Waals surface area contributed by atoms with Crippen molar-refractivity contribution in [3.05, 3.63) is 32.9 Å². The molecule has 0 aliphatic carbocycles. The summed E-state index contributed by atoms with van der Waals surface area (Å²) >= 11 is 1.95. The third-order valence-electron chi connectivity index (χ3n) is 2.28. The van der Waals surface area contributed by atoms with Crippen molar-refractivity contribution in [3.63, 3.8) is 0 Å². The molecular formula is C12H12F3IO2. The van der Waals surface area contributed by atoms with Crippen molar-refractivity contribution in [2.75, 3.05) is 6.61 Å². The molecule has 0 aliphatic heterocycles. The minimum absolute atomic E-state index is 0.0884. The van der Waals surface area contributed by atoms with Crippen LogP contribution in [-0.2, 0) is 22.1 Å². The van der Waals surface area contributed by atoms with Gasteiger partial charge in [0.05, 0.1) is 12.2 Å². The topological polar surface area (TPSA) is 26.3 Å². The molecule has 0 spiro atoms. The molecule has 1 rings (SSSR count). The third kappa shape index (κ3) is 4.47. The molecule has 0 aromatic heterocycles. The molecule has 0 unspecified atom stereocenters. The Morgan fingerprint density at radius 3 is 2.61 bits per heavy atom. The predicted molar refractivity (Wildman–Crippen MR) is 69.1 cm³/mol. The predicted octanol–water partition coefficient (Wildman–Crippen LogP) is 3.81. The van der Waals surface area contributed by atoms with E-state index in [0.29, 0.717) is 9.13 Å². The quantitative estimate of drug-likeness (QED) is 0.594. The fourth-order valence-corrected chi connectivity index (χ4v) is 2.02. The molecule has 0 heterocycles. The van der Waals surface area contributed by atoms with Gasteiger partial charge in [-0.2, -0.15) is 13.2 Å². The normalized spacial score (nSPS) is 11.4. The van der Waals surface area contributed by atoms with Crippen LogP contribution in [0.5, 0.6) is 0 Å². The van der Waals surface area contributed by atoms with Gasteiger partial charge in [0.2, 0.25) is 0 Å². The summed E-state index contributed by atoms with van der Waals surface area (Å²) in [6, 6.07) is 3.53. The molecule has 0 saturated carbocycles. The number of hydrogen-bond acceptors (Lipinski definition) is 2. The number of benzene rings is 1. The Kier molecular flexibility index (Phi) is 5.43. The Hall–Kier alpha value is -0.790. The van der Waals surface area contributed by atoms with Gasteiger partial charge in [0.25, 0.3) is 0 Å². The van der Waals surface area contributed by atoms with Crippen molar-refractivity contribution in [1.82, 2.24) is 0 Å². The largest absolute Gasteiger partial charge is 0.466 e. The molecule has 0 N–H and O–H groups in total. The zero-order valence-electron chi connectivity index (χ0n) is 9.68. The monoisotopic (exact) mass is 372 g/mol. The van der Waals surface area contributed by atoms with Crippen molar-refractivity contribution in [1.29, 1.82) is 0 Å². The lowest BCUT2D eigenvalue weighted by atomic mass is 10.1. The van der Waals surface area contributed by atoms with Crippen LogP contribution in [0.25, 0.3) is 0 Å². The molecule has 100 valence electrons. The molecule has 1 aromatic rings. The third-order valence-corrected chi connectivity index (χ3v) is 3.33. The van der Waals surface area contributed by atoms with E-state index in [1.807, 2.05) is 22.6 Å². The Labute approximate surface area is 117 Å². The number of carbonyl (C=O) groups is 1. The fourth-order valence-electron chi connectivity index (χ4n) is 1.41. The van der Waals surface area contributed by atoms with Gasteiger partial charge in [-0.15, -0.1) is 0 Å². The van der Waals surface area contributed by atoms with Crippen molar-refractivity contribution in [3.8, 4) is 0 Å². The first kappa shape index (κ1) is 15.3. The number of aryl methyl sites for hydroxylation is 1. The number of ether oxygens (including phenoxy) is 1. The van der Waals surface area contributed by atoms with Gasteiger partial charge in [-0.25, -0.2) is 0 Å². The summed E-state index contributed by atoms with van der Waals surface area (Å²) in [5, 5.41) is 0. The van der Waals surface area contributed by atoms with E-state index in [1.165, 1.54) is 6.07 Å². The van der Waals surface area contributed by atoms with Gasteiger partial charge in [0, 0.05) is 9.99 Å². The standard InChI is InChI=1S/C12H12F3IO2/c1-2-18-11(17)6-3-8-7-9(12(13,14)15)4-5-10(8)16/h4-5,7H,2-3,6H2,1H3. The van der Waals surface area contributed by atoms with Crippen LogP contribution in [0.2, 0.25) is 0 Å². The number of hydrogen-bond donors (Lipinski definition) is 0. The van der Waals surface area contributed by atoms with Crippen LogP contribution in [0, 0.1) is 3.57 Å². The van der Waals surface area contributed by atoms with E-state index < -0.39 is 17.7 Å². The van der Waals surface area contributed by atoms with Crippen LogP contribution in [0.15, 0.2) is 18.2 Å². The van der Waals surface area contributed by atoms with Gasteiger partial charge in [-0.05, 0) is 59.7 Å². The highest BCUT2D eigenvalue weighted by Crippen LogP contribution is 2.31. The maximum Gasteiger partial charge on any atom is 0.416 e. The maximum absolute atomic E-state index is 12.5. The van der Waals surface area contributed by atoms with Gasteiger partial charge in [-0.3, -0.25) is 4.79 Å². The summed E-state index contributed by atoms with van der Waals surface area (Å²) in [4.78, 5) is 11.2. The Morgan fingerprint density at radius 2 is 2.06 bits per heavy atom. The SMILES string of the molecule is CCOC(=O)CCc1cc(C(F)(F)F)ccc1I. The van der Waals surface area contributed by atoms with E-state index >= 15 is 0 Å². The lowest BCUT2D eigenvalue weighted by Crippen LogP contribution is -2.08. The lowest BCUT2D eigenvalue weighted by molar-refractivity contribution is -0.143. The molecule has 1 aromatic carbocycles. The van der Waals surface area contributed by atoms with E-state index in [0.717, 1.165) is 12.1 Å². The number of halogens is 4. The van der Waals surface area contributed by atoms with Gasteiger partial charge >= 0.3 is 12.1 Å². The molecule has 0 saturated heterocycles. The molecule has 0 radical (unpaired) electrons. The minimum atomic E-state index is -4.36. The van der Waals surface area contributed by atoms with Gasteiger partial charge in [0.1, 0.15) is 0 Å². The van der Waals surface area contributed by atoms with E-state index in [9.17, 15) is 18.0 Å². The highest BCUT2D eigenvalue weighted by Gasteiger charge is 2.30. The van der Waals surface area contributed by atoms with Gasteiger partial charge in [0.15, 0.2) is 0 Å². The number of esters is 1. The summed E-state index contributed by atoms with van der Waals surface area (Å²) in [7, 11) is 0. The maximum atomic E-state index is 12.5. The highest BCUT2D eigenvalue weighted by molar-refractivity contribution is 14.1. The second-order valence-corrected chi connectivity index (χ2v) is 4.77. The van der Waals surface area contributed by atoms with E-state index in [1.54, 1.807) is 6.92 Å². The first-order valence-corrected chi connectivity index (χ1v) is 6.43. The second-order valence-electron chi connectivity index (χ2n) is 3.61. The zero-order valence-corrected chi connectivity index (χ0v) is 11.8. The molecular weight excluding hydrogens is 360 g/mol. The van der Waals surface area contributed by atoms with E-state index in [4.69, 9.17) is 4.74 Å². The molecule has 0 bridgehead atoms. The average molecular weight is 372 g/mol. The lowest BCUT2D eigenvalue weighted by Gasteiger charge is -2.10. The molecule has 6 heteroatoms. The molecule has 0 amide bonds. The second kappa shape index (κ2) is 6.40. The van der Waals surface area contributed by atoms with Crippen LogP contribution >= 0.6 is 22.6 Å². The number of alkyl halides is 3. The van der Waals surface area contributed by atoms with Gasteiger partial charge < -0.3 is 4.74 Å². The van der Waals surface area contributed by atoms with Crippen LogP contribution < -0.4 is 0 Å². The van der Waals surface area contributed by atoms with Crippen LogP contribution in [0.1, 0.15) is 24.5 Å². The minimum Gasteiger partial charge on any atom is -0.466 e. The molecule has 2 nitrogen and oxygen atoms in total. The first-order chi connectivity index (χ1) is 8.34. The fraction of sp³-hybridized carbons (Fsp3) is 0.417. The van der Waals surface area contributed by atoms with Crippen molar-refractivity contribution < 1.29 is 22.7 Å². The Balaban J connectivity index is 2.79. The average Bonchev–Trinajstić information content (AvgIpc) is 2.26. The van der Waals surface area contributed by atoms with Crippen molar-refractivity contribution in [2.24, 2.45) is 0 Å². The molecule has 0 atom stereocenters. The summed E-state index contributed by atoms with van der Waals surface area (Å²) in [6.07, 6.45) is -4.02. The summed E-state index contributed by atoms with van der Waals surface area (Å²) < 4.78 is 43.0. The van der Waals surface area contributed by atoms with Crippen LogP contribution in [-0.4, -0.2) is 12.6 Å². The van der Waals surface area contributed by atoms with Crippen LogP contribution in [0.4, 0.5) is 13.2 Å². The summed E-state index contributed by atoms with van der Waals surface area (Å²) in [5.74, 6) is -0.397. The van der Waals surface area contributed by atoms with Crippen molar-refractivity contribution in [2.45, 2.75) is 25.9 Å².